The highest BCUT2D eigenvalue weighted by molar-refractivity contribution is 5.92. The minimum Gasteiger partial charge on any atom is -0.338 e. The van der Waals surface area contributed by atoms with Gasteiger partial charge >= 0.3 is 0 Å². The molecule has 0 unspecified atom stereocenters. The van der Waals surface area contributed by atoms with Gasteiger partial charge in [0.25, 0.3) is 0 Å². The van der Waals surface area contributed by atoms with Crippen LogP contribution in [0.3, 0.4) is 0 Å². The van der Waals surface area contributed by atoms with Crippen molar-refractivity contribution in [2.75, 3.05) is 13.1 Å². The van der Waals surface area contributed by atoms with Crippen molar-refractivity contribution in [1.82, 2.24) is 4.90 Å². The molecule has 90 valence electrons. The van der Waals surface area contributed by atoms with Crippen molar-refractivity contribution < 1.29 is 4.79 Å². The molecule has 0 bridgehead atoms. The molecule has 0 aromatic rings. The summed E-state index contributed by atoms with van der Waals surface area (Å²) in [5, 5.41) is 8.53. The molecule has 0 radical (unpaired) electrons. The Morgan fingerprint density at radius 3 is 2.50 bits per heavy atom. The Balaban J connectivity index is 4.06. The van der Waals surface area contributed by atoms with Gasteiger partial charge in [-0.3, -0.25) is 4.79 Å². The predicted molar refractivity (Wildman–Crippen MR) is 65.8 cm³/mol. The molecule has 0 heterocycles. The Hall–Kier alpha value is -1.30. The first kappa shape index (κ1) is 14.7. The van der Waals surface area contributed by atoms with Crippen LogP contribution < -0.4 is 0 Å². The minimum atomic E-state index is -0.0215. The molecular weight excluding hydrogens is 200 g/mol. The number of nitriles is 1. The molecule has 0 atom stereocenters. The first-order valence-electron chi connectivity index (χ1n) is 5.95. The Kier molecular flexibility index (Phi) is 8.24. The van der Waals surface area contributed by atoms with Crippen LogP contribution in [0.2, 0.25) is 0 Å². The van der Waals surface area contributed by atoms with Crippen LogP contribution >= 0.6 is 0 Å². The molecule has 3 nitrogen and oxygen atoms in total. The molecule has 0 aromatic carbocycles. The van der Waals surface area contributed by atoms with Gasteiger partial charge < -0.3 is 4.90 Å². The molecule has 0 saturated carbocycles. The fourth-order valence-electron chi connectivity index (χ4n) is 1.50. The van der Waals surface area contributed by atoms with E-state index < -0.39 is 0 Å². The Morgan fingerprint density at radius 2 is 2.00 bits per heavy atom. The van der Waals surface area contributed by atoms with Gasteiger partial charge in [-0.15, -0.1) is 0 Å². The molecule has 1 amide bonds. The third-order valence-electron chi connectivity index (χ3n) is 2.43. The van der Waals surface area contributed by atoms with Crippen LogP contribution in [0.15, 0.2) is 12.2 Å². The summed E-state index contributed by atoms with van der Waals surface area (Å²) >= 11 is 0. The van der Waals surface area contributed by atoms with Crippen LogP contribution in [0.1, 0.15) is 46.0 Å². The van der Waals surface area contributed by atoms with E-state index in [2.05, 4.69) is 19.6 Å². The summed E-state index contributed by atoms with van der Waals surface area (Å²) in [6, 6.07) is 2.07. The molecule has 0 aliphatic carbocycles. The Labute approximate surface area is 98.7 Å². The zero-order chi connectivity index (χ0) is 12.4. The van der Waals surface area contributed by atoms with E-state index >= 15 is 0 Å². The van der Waals surface area contributed by atoms with Crippen molar-refractivity contribution in [3.8, 4) is 6.07 Å². The molecule has 0 rings (SSSR count). The molecule has 3 heteroatoms. The summed E-state index contributed by atoms with van der Waals surface area (Å²) in [4.78, 5) is 13.5. The van der Waals surface area contributed by atoms with Crippen LogP contribution in [0.4, 0.5) is 0 Å². The van der Waals surface area contributed by atoms with E-state index in [1.807, 2.05) is 0 Å². The average Bonchev–Trinajstić information content (AvgIpc) is 2.27. The molecule has 0 saturated heterocycles. The second kappa shape index (κ2) is 8.96. The predicted octanol–water partition coefficient (Wildman–Crippen LogP) is 2.89. The minimum absolute atomic E-state index is 0.0215. The van der Waals surface area contributed by atoms with E-state index in [0.29, 0.717) is 18.5 Å². The maximum Gasteiger partial charge on any atom is 0.248 e. The van der Waals surface area contributed by atoms with E-state index in [9.17, 15) is 4.79 Å². The van der Waals surface area contributed by atoms with Crippen LogP contribution in [-0.4, -0.2) is 23.9 Å². The smallest absolute Gasteiger partial charge is 0.248 e. The monoisotopic (exact) mass is 222 g/mol. The van der Waals surface area contributed by atoms with E-state index in [1.54, 1.807) is 11.8 Å². The number of hydrogen-bond donors (Lipinski definition) is 0. The SMILES string of the molecule is C=C(C)C(=O)N(CCC#N)CCCCCC. The van der Waals surface area contributed by atoms with Gasteiger partial charge in [0.15, 0.2) is 0 Å². The molecule has 0 aliphatic heterocycles. The van der Waals surface area contributed by atoms with Crippen LogP contribution in [0.5, 0.6) is 0 Å². The molecule has 0 fully saturated rings. The third-order valence-corrected chi connectivity index (χ3v) is 2.43. The van der Waals surface area contributed by atoms with Gasteiger partial charge in [0.1, 0.15) is 0 Å². The number of carbonyl (C=O) groups excluding carboxylic acids is 1. The van der Waals surface area contributed by atoms with E-state index in [0.717, 1.165) is 19.4 Å². The van der Waals surface area contributed by atoms with Gasteiger partial charge in [-0.05, 0) is 13.3 Å². The summed E-state index contributed by atoms with van der Waals surface area (Å²) in [5.41, 5.74) is 0.549. The van der Waals surface area contributed by atoms with Gasteiger partial charge in [-0.1, -0.05) is 32.8 Å². The van der Waals surface area contributed by atoms with Crippen molar-refractivity contribution in [1.29, 1.82) is 5.26 Å². The van der Waals surface area contributed by atoms with Crippen molar-refractivity contribution in [2.24, 2.45) is 0 Å². The highest BCUT2D eigenvalue weighted by Crippen LogP contribution is 2.05. The molecule has 0 N–H and O–H groups in total. The first-order chi connectivity index (χ1) is 7.63. The lowest BCUT2D eigenvalue weighted by molar-refractivity contribution is -0.127. The van der Waals surface area contributed by atoms with Crippen molar-refractivity contribution in [2.45, 2.75) is 46.0 Å². The van der Waals surface area contributed by atoms with Gasteiger partial charge in [-0.25, -0.2) is 0 Å². The quantitative estimate of drug-likeness (QED) is 0.468. The third kappa shape index (κ3) is 6.23. The molecule has 16 heavy (non-hydrogen) atoms. The number of nitrogens with zero attached hydrogens (tertiary/aromatic N) is 2. The van der Waals surface area contributed by atoms with Gasteiger partial charge in [-0.2, -0.15) is 5.26 Å². The van der Waals surface area contributed by atoms with Crippen LogP contribution in [-0.2, 0) is 4.79 Å². The highest BCUT2D eigenvalue weighted by atomic mass is 16.2. The van der Waals surface area contributed by atoms with E-state index in [-0.39, 0.29) is 5.91 Å². The lowest BCUT2D eigenvalue weighted by atomic mass is 10.2. The fraction of sp³-hybridized carbons (Fsp3) is 0.692. The molecule has 0 spiro atoms. The highest BCUT2D eigenvalue weighted by Gasteiger charge is 2.12. The molecule has 0 aliphatic rings. The van der Waals surface area contributed by atoms with E-state index in [4.69, 9.17) is 5.26 Å². The zero-order valence-electron chi connectivity index (χ0n) is 10.5. The van der Waals surface area contributed by atoms with Gasteiger partial charge in [0, 0.05) is 18.7 Å². The number of unbranched alkanes of at least 4 members (excludes halogenated alkanes) is 3. The van der Waals surface area contributed by atoms with Crippen molar-refractivity contribution >= 4 is 5.91 Å². The summed E-state index contributed by atoms with van der Waals surface area (Å²) in [6.07, 6.45) is 4.94. The summed E-state index contributed by atoms with van der Waals surface area (Å²) in [5.74, 6) is -0.0215. The van der Waals surface area contributed by atoms with Crippen molar-refractivity contribution in [3.05, 3.63) is 12.2 Å². The normalized spacial score (nSPS) is 9.56. The summed E-state index contributed by atoms with van der Waals surface area (Å²) in [6.45, 7) is 8.80. The molecule has 0 aromatic heterocycles. The fourth-order valence-corrected chi connectivity index (χ4v) is 1.50. The van der Waals surface area contributed by atoms with Crippen LogP contribution in [0, 0.1) is 11.3 Å². The van der Waals surface area contributed by atoms with E-state index in [1.165, 1.54) is 12.8 Å². The maximum atomic E-state index is 11.7. The second-order valence-corrected chi connectivity index (χ2v) is 4.04. The van der Waals surface area contributed by atoms with Crippen LogP contribution in [0.25, 0.3) is 0 Å². The molecular formula is C13H22N2O. The van der Waals surface area contributed by atoms with Crippen molar-refractivity contribution in [3.63, 3.8) is 0 Å². The Bertz CT molecular complexity index is 266. The topological polar surface area (TPSA) is 44.1 Å². The number of rotatable bonds is 8. The lowest BCUT2D eigenvalue weighted by Gasteiger charge is -2.21. The number of hydrogen-bond acceptors (Lipinski definition) is 2. The lowest BCUT2D eigenvalue weighted by Crippen LogP contribution is -2.33. The zero-order valence-corrected chi connectivity index (χ0v) is 10.5. The standard InChI is InChI=1S/C13H22N2O/c1-4-5-6-7-10-15(11-8-9-14)13(16)12(2)3/h2,4-8,10-11H2,1,3H3. The summed E-state index contributed by atoms with van der Waals surface area (Å²) in [7, 11) is 0. The largest absolute Gasteiger partial charge is 0.338 e. The summed E-state index contributed by atoms with van der Waals surface area (Å²) < 4.78 is 0. The van der Waals surface area contributed by atoms with Gasteiger partial charge in [0.2, 0.25) is 5.91 Å². The maximum absolute atomic E-state index is 11.7. The van der Waals surface area contributed by atoms with Gasteiger partial charge in [0.05, 0.1) is 12.5 Å². The number of amides is 1. The first-order valence-corrected chi connectivity index (χ1v) is 5.95. The Morgan fingerprint density at radius 1 is 1.31 bits per heavy atom. The number of carbonyl (C=O) groups is 1. The second-order valence-electron chi connectivity index (χ2n) is 4.04. The average molecular weight is 222 g/mol.